The Morgan fingerprint density at radius 1 is 1.19 bits per heavy atom. The number of carbonyl (C=O) groups is 2. The topological polar surface area (TPSA) is 65.1 Å². The SMILES string of the molecule is C#Cc1cccc(COc2ccc3c(c2)CCN(C(=O)OC(C)(C)C)[C@H]3C(=O)OC)c1. The third-order valence-electron chi connectivity index (χ3n) is 4.89. The summed E-state index contributed by atoms with van der Waals surface area (Å²) < 4.78 is 16.4. The van der Waals surface area contributed by atoms with Crippen LogP contribution >= 0.6 is 0 Å². The fraction of sp³-hybridized carbons (Fsp3) is 0.360. The van der Waals surface area contributed by atoms with Gasteiger partial charge in [-0.3, -0.25) is 4.90 Å². The van der Waals surface area contributed by atoms with Crippen LogP contribution in [0.25, 0.3) is 0 Å². The van der Waals surface area contributed by atoms with Crippen molar-refractivity contribution in [1.29, 1.82) is 0 Å². The molecule has 0 radical (unpaired) electrons. The van der Waals surface area contributed by atoms with Crippen LogP contribution in [-0.4, -0.2) is 36.2 Å². The summed E-state index contributed by atoms with van der Waals surface area (Å²) in [6.45, 7) is 6.09. The molecule has 0 spiro atoms. The predicted molar refractivity (Wildman–Crippen MR) is 117 cm³/mol. The molecule has 2 aromatic rings. The maximum absolute atomic E-state index is 12.7. The molecule has 1 heterocycles. The summed E-state index contributed by atoms with van der Waals surface area (Å²) in [6, 6.07) is 12.3. The van der Waals surface area contributed by atoms with Crippen LogP contribution in [0, 0.1) is 12.3 Å². The van der Waals surface area contributed by atoms with E-state index in [2.05, 4.69) is 5.92 Å². The first-order chi connectivity index (χ1) is 14.7. The van der Waals surface area contributed by atoms with Gasteiger partial charge in [0, 0.05) is 12.1 Å². The maximum Gasteiger partial charge on any atom is 0.411 e. The van der Waals surface area contributed by atoms with Gasteiger partial charge < -0.3 is 14.2 Å². The number of amides is 1. The second kappa shape index (κ2) is 9.13. The van der Waals surface area contributed by atoms with Gasteiger partial charge in [0.2, 0.25) is 0 Å². The van der Waals surface area contributed by atoms with Gasteiger partial charge in [0.1, 0.15) is 18.0 Å². The van der Waals surface area contributed by atoms with Crippen LogP contribution in [0.4, 0.5) is 4.79 Å². The Bertz CT molecular complexity index is 1020. The Hall–Kier alpha value is -3.46. The number of nitrogens with zero attached hydrogens (tertiary/aromatic N) is 1. The van der Waals surface area contributed by atoms with Gasteiger partial charge in [-0.15, -0.1) is 6.42 Å². The van der Waals surface area contributed by atoms with Gasteiger partial charge in [0.05, 0.1) is 7.11 Å². The number of ether oxygens (including phenoxy) is 3. The van der Waals surface area contributed by atoms with Crippen molar-refractivity contribution in [3.05, 3.63) is 64.7 Å². The number of benzene rings is 2. The number of terminal acetylenes is 1. The highest BCUT2D eigenvalue weighted by Gasteiger charge is 2.39. The molecule has 0 N–H and O–H groups in total. The number of hydrogen-bond donors (Lipinski definition) is 0. The van der Waals surface area contributed by atoms with E-state index in [0.29, 0.717) is 30.9 Å². The largest absolute Gasteiger partial charge is 0.489 e. The zero-order valence-corrected chi connectivity index (χ0v) is 18.3. The van der Waals surface area contributed by atoms with E-state index in [1.54, 1.807) is 32.9 Å². The molecular formula is C25H27NO5. The molecule has 6 heteroatoms. The molecule has 0 aliphatic carbocycles. The van der Waals surface area contributed by atoms with Crippen LogP contribution in [0.15, 0.2) is 42.5 Å². The number of rotatable bonds is 4. The van der Waals surface area contributed by atoms with Crippen LogP contribution in [0.1, 0.15) is 49.1 Å². The van der Waals surface area contributed by atoms with E-state index in [9.17, 15) is 9.59 Å². The summed E-state index contributed by atoms with van der Waals surface area (Å²) in [5.74, 6) is 2.78. The number of carbonyl (C=O) groups excluding carboxylic acids is 2. The first kappa shape index (κ1) is 22.2. The van der Waals surface area contributed by atoms with Crippen molar-refractivity contribution in [2.45, 2.75) is 45.4 Å². The van der Waals surface area contributed by atoms with E-state index >= 15 is 0 Å². The predicted octanol–water partition coefficient (Wildman–Crippen LogP) is 4.25. The van der Waals surface area contributed by atoms with Crippen LogP contribution in [-0.2, 0) is 27.3 Å². The van der Waals surface area contributed by atoms with Crippen molar-refractivity contribution in [2.24, 2.45) is 0 Å². The Balaban J connectivity index is 1.81. The third kappa shape index (κ3) is 5.37. The van der Waals surface area contributed by atoms with Crippen LogP contribution in [0.5, 0.6) is 5.75 Å². The molecular weight excluding hydrogens is 394 g/mol. The van der Waals surface area contributed by atoms with E-state index in [0.717, 1.165) is 16.7 Å². The van der Waals surface area contributed by atoms with Crippen LogP contribution < -0.4 is 4.74 Å². The minimum absolute atomic E-state index is 0.343. The average Bonchev–Trinajstić information content (AvgIpc) is 2.75. The summed E-state index contributed by atoms with van der Waals surface area (Å²) >= 11 is 0. The second-order valence-corrected chi connectivity index (χ2v) is 8.34. The summed E-state index contributed by atoms with van der Waals surface area (Å²) in [5, 5.41) is 0. The molecule has 0 saturated heterocycles. The van der Waals surface area contributed by atoms with E-state index in [1.807, 2.05) is 30.3 Å². The lowest BCUT2D eigenvalue weighted by atomic mass is 9.92. The van der Waals surface area contributed by atoms with Gasteiger partial charge in [-0.1, -0.05) is 24.1 Å². The lowest BCUT2D eigenvalue weighted by molar-refractivity contribution is -0.147. The Labute approximate surface area is 183 Å². The average molecular weight is 421 g/mol. The van der Waals surface area contributed by atoms with Crippen molar-refractivity contribution < 1.29 is 23.8 Å². The van der Waals surface area contributed by atoms with Gasteiger partial charge >= 0.3 is 12.1 Å². The fourth-order valence-corrected chi connectivity index (χ4v) is 3.49. The van der Waals surface area contributed by atoms with E-state index < -0.39 is 23.7 Å². The number of hydrogen-bond acceptors (Lipinski definition) is 5. The van der Waals surface area contributed by atoms with E-state index in [-0.39, 0.29) is 0 Å². The lowest BCUT2D eigenvalue weighted by Crippen LogP contribution is -2.46. The molecule has 1 aliphatic rings. The fourth-order valence-electron chi connectivity index (χ4n) is 3.49. The Morgan fingerprint density at radius 3 is 2.65 bits per heavy atom. The van der Waals surface area contributed by atoms with E-state index in [4.69, 9.17) is 20.6 Å². The molecule has 31 heavy (non-hydrogen) atoms. The van der Waals surface area contributed by atoms with Crippen molar-refractivity contribution in [2.75, 3.05) is 13.7 Å². The number of methoxy groups -OCH3 is 1. The maximum atomic E-state index is 12.7. The van der Waals surface area contributed by atoms with Gasteiger partial charge in [0.25, 0.3) is 0 Å². The van der Waals surface area contributed by atoms with Gasteiger partial charge in [-0.2, -0.15) is 0 Å². The highest BCUT2D eigenvalue weighted by Crippen LogP contribution is 2.34. The minimum atomic E-state index is -0.857. The summed E-state index contributed by atoms with van der Waals surface area (Å²) in [5.41, 5.74) is 2.76. The molecule has 0 fully saturated rings. The van der Waals surface area contributed by atoms with Crippen molar-refractivity contribution in [3.63, 3.8) is 0 Å². The van der Waals surface area contributed by atoms with Gasteiger partial charge in [-0.25, -0.2) is 9.59 Å². The monoisotopic (exact) mass is 421 g/mol. The number of fused-ring (bicyclic) bond motifs is 1. The molecule has 3 rings (SSSR count). The van der Waals surface area contributed by atoms with Crippen molar-refractivity contribution >= 4 is 12.1 Å². The summed E-state index contributed by atoms with van der Waals surface area (Å²) in [6.07, 6.45) is 5.49. The van der Waals surface area contributed by atoms with E-state index in [1.165, 1.54) is 12.0 Å². The zero-order valence-electron chi connectivity index (χ0n) is 18.3. The van der Waals surface area contributed by atoms with Crippen molar-refractivity contribution in [1.82, 2.24) is 4.90 Å². The smallest absolute Gasteiger partial charge is 0.411 e. The first-order valence-corrected chi connectivity index (χ1v) is 10.1. The normalized spacial score (nSPS) is 15.5. The van der Waals surface area contributed by atoms with Crippen molar-refractivity contribution in [3.8, 4) is 18.1 Å². The highest BCUT2D eigenvalue weighted by molar-refractivity contribution is 5.84. The minimum Gasteiger partial charge on any atom is -0.489 e. The molecule has 0 aromatic heterocycles. The van der Waals surface area contributed by atoms with Gasteiger partial charge in [-0.05, 0) is 68.1 Å². The molecule has 162 valence electrons. The first-order valence-electron chi connectivity index (χ1n) is 10.1. The lowest BCUT2D eigenvalue weighted by Gasteiger charge is -2.36. The second-order valence-electron chi connectivity index (χ2n) is 8.34. The van der Waals surface area contributed by atoms with Crippen LogP contribution in [0.3, 0.4) is 0 Å². The molecule has 2 aromatic carbocycles. The quantitative estimate of drug-likeness (QED) is 0.545. The van der Waals surface area contributed by atoms with Gasteiger partial charge in [0.15, 0.2) is 6.04 Å². The number of esters is 1. The third-order valence-corrected chi connectivity index (χ3v) is 4.89. The molecule has 6 nitrogen and oxygen atoms in total. The molecule has 1 aliphatic heterocycles. The summed E-state index contributed by atoms with van der Waals surface area (Å²) in [4.78, 5) is 26.7. The molecule has 0 bridgehead atoms. The Morgan fingerprint density at radius 2 is 1.97 bits per heavy atom. The zero-order chi connectivity index (χ0) is 22.6. The molecule has 0 unspecified atom stereocenters. The van der Waals surface area contributed by atoms with Crippen LogP contribution in [0.2, 0.25) is 0 Å². The summed E-state index contributed by atoms with van der Waals surface area (Å²) in [7, 11) is 1.31. The molecule has 1 amide bonds. The molecule has 0 saturated carbocycles. The highest BCUT2D eigenvalue weighted by atomic mass is 16.6. The molecule has 1 atom stereocenters. The standard InChI is InChI=1S/C25H27NO5/c1-6-17-8-7-9-18(14-17)16-30-20-10-11-21-19(15-20)12-13-26(22(21)23(27)29-5)24(28)31-25(2,3)4/h1,7-11,14-15,22H,12-13,16H2,2-5H3/t22-/m1/s1. The Kier molecular flexibility index (Phi) is 6.55.